The summed E-state index contributed by atoms with van der Waals surface area (Å²) in [7, 11) is 1.65. The minimum Gasteiger partial charge on any atom is -0.478 e. The maximum Gasteiger partial charge on any atom is 0.337 e. The van der Waals surface area contributed by atoms with Crippen LogP contribution in [0.5, 0.6) is 0 Å². The molecule has 5 nitrogen and oxygen atoms in total. The first-order chi connectivity index (χ1) is 7.24. The molecular formula is C10H14N2O3. The van der Waals surface area contributed by atoms with Crippen LogP contribution in [0.3, 0.4) is 0 Å². The zero-order valence-electron chi connectivity index (χ0n) is 8.56. The number of rotatable bonds is 6. The van der Waals surface area contributed by atoms with E-state index in [9.17, 15) is 4.79 Å². The van der Waals surface area contributed by atoms with Crippen molar-refractivity contribution >= 4 is 11.7 Å². The quantitative estimate of drug-likeness (QED) is 0.691. The van der Waals surface area contributed by atoms with Gasteiger partial charge in [-0.25, -0.2) is 4.79 Å². The van der Waals surface area contributed by atoms with E-state index in [2.05, 4.69) is 10.3 Å². The van der Waals surface area contributed by atoms with Gasteiger partial charge in [-0.3, -0.25) is 4.98 Å². The van der Waals surface area contributed by atoms with E-state index in [0.29, 0.717) is 12.3 Å². The molecule has 1 aromatic rings. The second-order valence-corrected chi connectivity index (χ2v) is 3.04. The lowest BCUT2D eigenvalue weighted by atomic mass is 10.2. The second kappa shape index (κ2) is 5.98. The number of pyridine rings is 1. The number of hydrogen-bond donors (Lipinski definition) is 2. The minimum absolute atomic E-state index is 0.187. The number of carboxylic acid groups (broad SMARTS) is 1. The zero-order valence-corrected chi connectivity index (χ0v) is 8.56. The van der Waals surface area contributed by atoms with Gasteiger partial charge in [0.2, 0.25) is 0 Å². The fourth-order valence-corrected chi connectivity index (χ4v) is 1.10. The predicted molar refractivity (Wildman–Crippen MR) is 56.2 cm³/mol. The molecule has 0 aliphatic heterocycles. The molecule has 1 aromatic heterocycles. The molecule has 0 saturated heterocycles. The Morgan fingerprint density at radius 2 is 2.40 bits per heavy atom. The summed E-state index contributed by atoms with van der Waals surface area (Å²) >= 11 is 0. The molecule has 1 rings (SSSR count). The van der Waals surface area contributed by atoms with Crippen LogP contribution in [0.2, 0.25) is 0 Å². The van der Waals surface area contributed by atoms with Gasteiger partial charge in [-0.1, -0.05) is 0 Å². The highest BCUT2D eigenvalue weighted by Crippen LogP contribution is 2.07. The van der Waals surface area contributed by atoms with Gasteiger partial charge >= 0.3 is 5.97 Å². The summed E-state index contributed by atoms with van der Waals surface area (Å²) < 4.78 is 4.89. The van der Waals surface area contributed by atoms with Gasteiger partial charge in [-0.15, -0.1) is 0 Å². The normalized spacial score (nSPS) is 9.93. The van der Waals surface area contributed by atoms with Crippen LogP contribution in [0, 0.1) is 0 Å². The Bertz CT molecular complexity index is 328. The number of aromatic nitrogens is 1. The zero-order chi connectivity index (χ0) is 11.1. The summed E-state index contributed by atoms with van der Waals surface area (Å²) in [5.41, 5.74) is 0.901. The number of nitrogens with one attached hydrogen (secondary N) is 1. The smallest absolute Gasteiger partial charge is 0.337 e. The van der Waals surface area contributed by atoms with Gasteiger partial charge in [0, 0.05) is 32.7 Å². The first kappa shape index (κ1) is 11.5. The number of anilines is 1. The SMILES string of the molecule is COCCCNc1cncc(C(=O)O)c1. The van der Waals surface area contributed by atoms with Crippen LogP contribution in [-0.4, -0.2) is 36.3 Å². The molecule has 0 saturated carbocycles. The minimum atomic E-state index is -0.969. The predicted octanol–water partition coefficient (Wildman–Crippen LogP) is 1.23. The fraction of sp³-hybridized carbons (Fsp3) is 0.400. The molecule has 0 atom stereocenters. The van der Waals surface area contributed by atoms with Gasteiger partial charge in [-0.05, 0) is 12.5 Å². The fourth-order valence-electron chi connectivity index (χ4n) is 1.10. The molecule has 0 unspecified atom stereocenters. The summed E-state index contributed by atoms with van der Waals surface area (Å²) in [6, 6.07) is 1.56. The first-order valence-electron chi connectivity index (χ1n) is 4.65. The summed E-state index contributed by atoms with van der Waals surface area (Å²) in [6.07, 6.45) is 3.79. The highest BCUT2D eigenvalue weighted by Gasteiger charge is 2.03. The number of aromatic carboxylic acids is 1. The van der Waals surface area contributed by atoms with Gasteiger partial charge < -0.3 is 15.2 Å². The number of nitrogens with zero attached hydrogens (tertiary/aromatic N) is 1. The van der Waals surface area contributed by atoms with Crippen molar-refractivity contribution in [1.82, 2.24) is 4.98 Å². The molecule has 0 aliphatic carbocycles. The van der Waals surface area contributed by atoms with Crippen molar-refractivity contribution in [2.45, 2.75) is 6.42 Å². The van der Waals surface area contributed by atoms with Gasteiger partial charge in [-0.2, -0.15) is 0 Å². The van der Waals surface area contributed by atoms with E-state index in [0.717, 1.165) is 13.0 Å². The van der Waals surface area contributed by atoms with Crippen molar-refractivity contribution in [2.24, 2.45) is 0 Å². The van der Waals surface area contributed by atoms with E-state index < -0.39 is 5.97 Å². The Labute approximate surface area is 88.1 Å². The Balaban J connectivity index is 2.47. The van der Waals surface area contributed by atoms with Crippen LogP contribution in [0.1, 0.15) is 16.8 Å². The number of carbonyl (C=O) groups is 1. The summed E-state index contributed by atoms with van der Waals surface area (Å²) in [4.78, 5) is 14.5. The van der Waals surface area contributed by atoms with Crippen LogP contribution in [-0.2, 0) is 4.74 Å². The number of hydrogen-bond acceptors (Lipinski definition) is 4. The van der Waals surface area contributed by atoms with E-state index in [1.54, 1.807) is 19.4 Å². The third-order valence-electron chi connectivity index (χ3n) is 1.84. The highest BCUT2D eigenvalue weighted by atomic mass is 16.5. The third-order valence-corrected chi connectivity index (χ3v) is 1.84. The lowest BCUT2D eigenvalue weighted by Gasteiger charge is -2.05. The lowest BCUT2D eigenvalue weighted by molar-refractivity contribution is 0.0696. The van der Waals surface area contributed by atoms with Gasteiger partial charge in [0.05, 0.1) is 11.3 Å². The Morgan fingerprint density at radius 1 is 1.60 bits per heavy atom. The molecule has 82 valence electrons. The van der Waals surface area contributed by atoms with E-state index in [1.807, 2.05) is 0 Å². The van der Waals surface area contributed by atoms with E-state index >= 15 is 0 Å². The maximum atomic E-state index is 10.6. The van der Waals surface area contributed by atoms with E-state index in [1.165, 1.54) is 6.20 Å². The molecule has 0 radical (unpaired) electrons. The van der Waals surface area contributed by atoms with Crippen LogP contribution in [0.4, 0.5) is 5.69 Å². The average Bonchev–Trinajstić information content (AvgIpc) is 2.25. The Hall–Kier alpha value is -1.62. The summed E-state index contributed by atoms with van der Waals surface area (Å²) in [5.74, 6) is -0.969. The molecule has 15 heavy (non-hydrogen) atoms. The van der Waals surface area contributed by atoms with Crippen molar-refractivity contribution in [3.63, 3.8) is 0 Å². The maximum absolute atomic E-state index is 10.6. The Kier molecular flexibility index (Phi) is 4.56. The monoisotopic (exact) mass is 210 g/mol. The first-order valence-corrected chi connectivity index (χ1v) is 4.65. The van der Waals surface area contributed by atoms with Crippen molar-refractivity contribution in [3.05, 3.63) is 24.0 Å². The van der Waals surface area contributed by atoms with Crippen LogP contribution < -0.4 is 5.32 Å². The number of carboxylic acids is 1. The van der Waals surface area contributed by atoms with Crippen LogP contribution >= 0.6 is 0 Å². The molecule has 2 N–H and O–H groups in total. The Morgan fingerprint density at radius 3 is 3.07 bits per heavy atom. The summed E-state index contributed by atoms with van der Waals surface area (Å²) in [6.45, 7) is 1.41. The number of methoxy groups -OCH3 is 1. The van der Waals surface area contributed by atoms with Gasteiger partial charge in [0.25, 0.3) is 0 Å². The molecule has 0 aliphatic rings. The topological polar surface area (TPSA) is 71.5 Å². The van der Waals surface area contributed by atoms with Crippen molar-refractivity contribution < 1.29 is 14.6 Å². The lowest BCUT2D eigenvalue weighted by Crippen LogP contribution is -2.06. The van der Waals surface area contributed by atoms with E-state index in [-0.39, 0.29) is 5.56 Å². The van der Waals surface area contributed by atoms with Crippen molar-refractivity contribution in [1.29, 1.82) is 0 Å². The standard InChI is InChI=1S/C10H14N2O3/c1-15-4-2-3-12-9-5-8(10(13)14)6-11-7-9/h5-7,12H,2-4H2,1H3,(H,13,14). The molecule has 0 fully saturated rings. The van der Waals surface area contributed by atoms with Crippen molar-refractivity contribution in [3.8, 4) is 0 Å². The van der Waals surface area contributed by atoms with Crippen LogP contribution in [0.25, 0.3) is 0 Å². The second-order valence-electron chi connectivity index (χ2n) is 3.04. The molecule has 1 heterocycles. The molecule has 5 heteroatoms. The van der Waals surface area contributed by atoms with Gasteiger partial charge in [0.15, 0.2) is 0 Å². The largest absolute Gasteiger partial charge is 0.478 e. The molecular weight excluding hydrogens is 196 g/mol. The van der Waals surface area contributed by atoms with E-state index in [4.69, 9.17) is 9.84 Å². The summed E-state index contributed by atoms with van der Waals surface area (Å²) in [5, 5.41) is 11.8. The van der Waals surface area contributed by atoms with Gasteiger partial charge in [0.1, 0.15) is 0 Å². The molecule has 0 spiro atoms. The van der Waals surface area contributed by atoms with Crippen molar-refractivity contribution in [2.75, 3.05) is 25.6 Å². The number of ether oxygens (including phenoxy) is 1. The molecule has 0 aromatic carbocycles. The molecule has 0 bridgehead atoms. The third kappa shape index (κ3) is 3.95. The highest BCUT2D eigenvalue weighted by molar-refractivity contribution is 5.88. The van der Waals surface area contributed by atoms with Crippen LogP contribution in [0.15, 0.2) is 18.5 Å². The molecule has 0 amide bonds. The average molecular weight is 210 g/mol.